The number of amides is 1. The molecule has 1 rings (SSSR count). The Labute approximate surface area is 90.8 Å². The molecule has 0 unspecified atom stereocenters. The molecule has 0 heterocycles. The molecular weight excluding hydrogens is 279 g/mol. The van der Waals surface area contributed by atoms with E-state index in [9.17, 15) is 4.79 Å². The summed E-state index contributed by atoms with van der Waals surface area (Å²) in [6.07, 6.45) is 0. The number of nitrogens with one attached hydrogen (secondary N) is 1. The number of benzene rings is 1. The minimum Gasteiger partial charge on any atom is -0.376 e. The predicted octanol–water partition coefficient (Wildman–Crippen LogP) is 1.50. The summed E-state index contributed by atoms with van der Waals surface area (Å²) in [5.74, 6) is -0.349. The monoisotopic (exact) mass is 290 g/mol. The second-order valence-electron chi connectivity index (χ2n) is 2.73. The number of hydrogen-bond acceptors (Lipinski definition) is 2. The number of nitrogens with two attached hydrogens (primary N) is 1. The fraction of sp³-hybridized carbons (Fsp3) is 0.222. The fourth-order valence-corrected chi connectivity index (χ4v) is 1.48. The van der Waals surface area contributed by atoms with Crippen molar-refractivity contribution in [1.29, 1.82) is 0 Å². The van der Waals surface area contributed by atoms with Crippen LogP contribution < -0.4 is 11.1 Å². The van der Waals surface area contributed by atoms with E-state index in [0.29, 0.717) is 0 Å². The number of carbonyl (C=O) groups excluding carboxylic acids is 1. The van der Waals surface area contributed by atoms with Crippen LogP contribution in [0.3, 0.4) is 0 Å². The molecule has 3 nitrogen and oxygen atoms in total. The van der Waals surface area contributed by atoms with Gasteiger partial charge in [-0.3, -0.25) is 4.79 Å². The predicted molar refractivity (Wildman–Crippen MR) is 61.6 cm³/mol. The highest BCUT2D eigenvalue weighted by molar-refractivity contribution is 14.1. The minimum absolute atomic E-state index is 0.181. The zero-order valence-electron chi connectivity index (χ0n) is 7.30. The van der Waals surface area contributed by atoms with Crippen LogP contribution in [0.2, 0.25) is 0 Å². The van der Waals surface area contributed by atoms with Gasteiger partial charge in [-0.1, -0.05) is 6.07 Å². The van der Waals surface area contributed by atoms with Gasteiger partial charge in [-0.05, 0) is 47.2 Å². The molecular formula is C9H11IN2O. The van der Waals surface area contributed by atoms with Gasteiger partial charge in [0.15, 0.2) is 0 Å². The van der Waals surface area contributed by atoms with Gasteiger partial charge in [0, 0.05) is 9.26 Å². The van der Waals surface area contributed by atoms with E-state index in [4.69, 9.17) is 5.73 Å². The van der Waals surface area contributed by atoms with Gasteiger partial charge in [0.1, 0.15) is 0 Å². The summed E-state index contributed by atoms with van der Waals surface area (Å²) >= 11 is 2.25. The number of rotatable bonds is 3. The molecule has 1 aromatic carbocycles. The Morgan fingerprint density at radius 1 is 1.62 bits per heavy atom. The summed E-state index contributed by atoms with van der Waals surface area (Å²) < 4.78 is 1.17. The number of hydrogen-bond donors (Lipinski definition) is 2. The van der Waals surface area contributed by atoms with Crippen molar-refractivity contribution in [3.05, 3.63) is 27.3 Å². The van der Waals surface area contributed by atoms with Crippen LogP contribution in [0, 0.1) is 10.5 Å². The molecule has 13 heavy (non-hydrogen) atoms. The summed E-state index contributed by atoms with van der Waals surface area (Å²) in [5, 5.41) is 2.97. The summed E-state index contributed by atoms with van der Waals surface area (Å²) in [6, 6.07) is 5.89. The van der Waals surface area contributed by atoms with Gasteiger partial charge in [0.2, 0.25) is 5.91 Å². The Kier molecular flexibility index (Phi) is 3.53. The van der Waals surface area contributed by atoms with E-state index in [0.717, 1.165) is 11.3 Å². The molecule has 0 bridgehead atoms. The second-order valence-corrected chi connectivity index (χ2v) is 3.89. The van der Waals surface area contributed by atoms with Crippen LogP contribution in [-0.2, 0) is 4.79 Å². The Hall–Kier alpha value is -0.780. The first-order chi connectivity index (χ1) is 6.11. The summed E-state index contributed by atoms with van der Waals surface area (Å²) in [4.78, 5) is 10.5. The zero-order valence-corrected chi connectivity index (χ0v) is 9.46. The van der Waals surface area contributed by atoms with Crippen molar-refractivity contribution in [2.75, 3.05) is 11.9 Å². The zero-order chi connectivity index (χ0) is 9.84. The van der Waals surface area contributed by atoms with Gasteiger partial charge in [0.05, 0.1) is 6.54 Å². The van der Waals surface area contributed by atoms with Crippen LogP contribution in [0.25, 0.3) is 0 Å². The normalized spacial score (nSPS) is 9.69. The van der Waals surface area contributed by atoms with E-state index in [-0.39, 0.29) is 12.5 Å². The largest absolute Gasteiger partial charge is 0.376 e. The summed E-state index contributed by atoms with van der Waals surface area (Å²) in [6.45, 7) is 2.19. The van der Waals surface area contributed by atoms with Crippen LogP contribution in [0.4, 0.5) is 5.69 Å². The topological polar surface area (TPSA) is 55.1 Å². The molecule has 0 spiro atoms. The summed E-state index contributed by atoms with van der Waals surface area (Å²) in [7, 11) is 0. The lowest BCUT2D eigenvalue weighted by Gasteiger charge is -2.08. The van der Waals surface area contributed by atoms with Crippen LogP contribution in [0.5, 0.6) is 0 Å². The van der Waals surface area contributed by atoms with Crippen LogP contribution in [0.15, 0.2) is 18.2 Å². The number of carbonyl (C=O) groups is 1. The molecule has 0 aromatic heterocycles. The number of halogens is 1. The molecule has 0 saturated carbocycles. The Bertz CT molecular complexity index is 325. The fourth-order valence-electron chi connectivity index (χ4n) is 0.981. The van der Waals surface area contributed by atoms with E-state index < -0.39 is 0 Å². The van der Waals surface area contributed by atoms with Gasteiger partial charge in [-0.15, -0.1) is 0 Å². The molecule has 3 N–H and O–H groups in total. The Morgan fingerprint density at radius 2 is 2.31 bits per heavy atom. The van der Waals surface area contributed by atoms with E-state index in [1.165, 1.54) is 3.57 Å². The van der Waals surface area contributed by atoms with Crippen molar-refractivity contribution in [1.82, 2.24) is 0 Å². The quantitative estimate of drug-likeness (QED) is 0.829. The van der Waals surface area contributed by atoms with E-state index in [2.05, 4.69) is 27.9 Å². The molecule has 0 aliphatic heterocycles. The second kappa shape index (κ2) is 4.45. The average Bonchev–Trinajstić information content (AvgIpc) is 2.07. The lowest BCUT2D eigenvalue weighted by Crippen LogP contribution is -2.22. The highest BCUT2D eigenvalue weighted by Gasteiger charge is 2.01. The minimum atomic E-state index is -0.349. The first-order valence-electron chi connectivity index (χ1n) is 3.88. The summed E-state index contributed by atoms with van der Waals surface area (Å²) in [5.41, 5.74) is 7.13. The first kappa shape index (κ1) is 10.3. The molecule has 0 aliphatic carbocycles. The molecule has 0 atom stereocenters. The number of primary amides is 1. The van der Waals surface area contributed by atoms with Gasteiger partial charge in [-0.2, -0.15) is 0 Å². The van der Waals surface area contributed by atoms with Crippen molar-refractivity contribution in [2.24, 2.45) is 5.73 Å². The number of anilines is 1. The molecule has 0 saturated heterocycles. The van der Waals surface area contributed by atoms with Crippen molar-refractivity contribution in [3.8, 4) is 0 Å². The molecule has 0 radical (unpaired) electrons. The standard InChI is InChI=1S/C9H11IN2O/c1-6-7(10)3-2-4-8(6)12-5-9(11)13/h2-4,12H,5H2,1H3,(H2,11,13). The maximum atomic E-state index is 10.5. The lowest BCUT2D eigenvalue weighted by molar-refractivity contribution is -0.116. The Balaban J connectivity index is 2.77. The molecule has 1 amide bonds. The van der Waals surface area contributed by atoms with Gasteiger partial charge in [-0.25, -0.2) is 0 Å². The van der Waals surface area contributed by atoms with E-state index in [1.807, 2.05) is 25.1 Å². The third kappa shape index (κ3) is 2.87. The average molecular weight is 290 g/mol. The van der Waals surface area contributed by atoms with Crippen LogP contribution >= 0.6 is 22.6 Å². The molecule has 0 fully saturated rings. The lowest BCUT2D eigenvalue weighted by atomic mass is 10.2. The maximum absolute atomic E-state index is 10.5. The van der Waals surface area contributed by atoms with E-state index >= 15 is 0 Å². The SMILES string of the molecule is Cc1c(I)cccc1NCC(N)=O. The highest BCUT2D eigenvalue weighted by Crippen LogP contribution is 2.19. The van der Waals surface area contributed by atoms with Crippen LogP contribution in [-0.4, -0.2) is 12.5 Å². The highest BCUT2D eigenvalue weighted by atomic mass is 127. The first-order valence-corrected chi connectivity index (χ1v) is 4.96. The van der Waals surface area contributed by atoms with Crippen molar-refractivity contribution < 1.29 is 4.79 Å². The van der Waals surface area contributed by atoms with Gasteiger partial charge < -0.3 is 11.1 Å². The molecule has 0 aliphatic rings. The molecule has 1 aromatic rings. The third-order valence-corrected chi connectivity index (χ3v) is 2.89. The third-order valence-electron chi connectivity index (χ3n) is 1.72. The van der Waals surface area contributed by atoms with Crippen molar-refractivity contribution in [3.63, 3.8) is 0 Å². The van der Waals surface area contributed by atoms with E-state index in [1.54, 1.807) is 0 Å². The van der Waals surface area contributed by atoms with Crippen LogP contribution in [0.1, 0.15) is 5.56 Å². The smallest absolute Gasteiger partial charge is 0.236 e. The van der Waals surface area contributed by atoms with Crippen molar-refractivity contribution >= 4 is 34.2 Å². The molecule has 4 heteroatoms. The maximum Gasteiger partial charge on any atom is 0.236 e. The molecule has 70 valence electrons. The van der Waals surface area contributed by atoms with Gasteiger partial charge >= 0.3 is 0 Å². The Morgan fingerprint density at radius 3 is 2.92 bits per heavy atom. The van der Waals surface area contributed by atoms with Crippen molar-refractivity contribution in [2.45, 2.75) is 6.92 Å². The van der Waals surface area contributed by atoms with Gasteiger partial charge in [0.25, 0.3) is 0 Å².